The minimum atomic E-state index is -0.118. The number of carbonyl (C=O) groups is 1. The molecular formula is C23H26N6O2S. The van der Waals surface area contributed by atoms with E-state index in [9.17, 15) is 4.79 Å². The van der Waals surface area contributed by atoms with Gasteiger partial charge in [-0.25, -0.2) is 9.97 Å². The molecule has 2 aromatic heterocycles. The van der Waals surface area contributed by atoms with E-state index in [2.05, 4.69) is 62.0 Å². The number of carbonyl (C=O) groups excluding carboxylic acids is 1. The molecular weight excluding hydrogens is 424 g/mol. The molecule has 166 valence electrons. The number of piperidine rings is 1. The molecule has 0 saturated carbocycles. The Labute approximate surface area is 192 Å². The summed E-state index contributed by atoms with van der Waals surface area (Å²) in [6.07, 6.45) is 5.49. The van der Waals surface area contributed by atoms with E-state index in [1.54, 1.807) is 12.4 Å². The summed E-state index contributed by atoms with van der Waals surface area (Å²) in [5.74, 6) is 1.16. The fraction of sp³-hybridized carbons (Fsp3) is 0.391. The van der Waals surface area contributed by atoms with Gasteiger partial charge in [0.15, 0.2) is 5.82 Å². The number of pyridine rings is 1. The Bertz CT molecular complexity index is 1090. The van der Waals surface area contributed by atoms with Gasteiger partial charge in [0.05, 0.1) is 17.3 Å². The van der Waals surface area contributed by atoms with Crippen molar-refractivity contribution in [1.29, 1.82) is 0 Å². The number of anilines is 1. The van der Waals surface area contributed by atoms with E-state index in [1.807, 2.05) is 6.07 Å². The third-order valence-electron chi connectivity index (χ3n) is 6.08. The largest absolute Gasteiger partial charge is 0.366 e. The molecule has 5 rings (SSSR count). The highest BCUT2D eigenvalue weighted by atomic mass is 32.1. The van der Waals surface area contributed by atoms with Gasteiger partial charge >= 0.3 is 0 Å². The second-order valence-electron chi connectivity index (χ2n) is 8.25. The Balaban J connectivity index is 1.37. The first-order chi connectivity index (χ1) is 15.7. The summed E-state index contributed by atoms with van der Waals surface area (Å²) in [4.78, 5) is 25.1. The minimum Gasteiger partial charge on any atom is -0.366 e. The second-order valence-corrected chi connectivity index (χ2v) is 8.81. The summed E-state index contributed by atoms with van der Waals surface area (Å²) >= 11 is 4.45. The van der Waals surface area contributed by atoms with E-state index < -0.39 is 0 Å². The Morgan fingerprint density at radius 3 is 2.69 bits per heavy atom. The fourth-order valence-corrected chi connectivity index (χ4v) is 4.47. The number of hydrogen-bond acceptors (Lipinski definition) is 8. The molecule has 3 aromatic rings. The SMILES string of the molecule is O=C1COC(CNc2nc(-c3ccc(C4CCN(S)CC4)cc3)cc3nccnc23)CN1. The number of benzene rings is 1. The van der Waals surface area contributed by atoms with Crippen molar-refractivity contribution in [1.82, 2.24) is 24.6 Å². The Morgan fingerprint density at radius 2 is 1.94 bits per heavy atom. The van der Waals surface area contributed by atoms with Crippen molar-refractivity contribution in [2.24, 2.45) is 0 Å². The molecule has 1 aromatic carbocycles. The van der Waals surface area contributed by atoms with Crippen molar-refractivity contribution in [3.05, 3.63) is 48.3 Å². The summed E-state index contributed by atoms with van der Waals surface area (Å²) in [7, 11) is 0. The summed E-state index contributed by atoms with van der Waals surface area (Å²) in [6, 6.07) is 10.7. The number of ether oxygens (including phenoxy) is 1. The van der Waals surface area contributed by atoms with Crippen LogP contribution >= 0.6 is 12.8 Å². The van der Waals surface area contributed by atoms with Gasteiger partial charge in [-0.2, -0.15) is 0 Å². The zero-order valence-corrected chi connectivity index (χ0v) is 18.6. The molecule has 4 heterocycles. The fourth-order valence-electron chi connectivity index (χ4n) is 4.24. The van der Waals surface area contributed by atoms with E-state index >= 15 is 0 Å². The maximum absolute atomic E-state index is 11.3. The van der Waals surface area contributed by atoms with Crippen LogP contribution in [0.25, 0.3) is 22.3 Å². The highest BCUT2D eigenvalue weighted by Gasteiger charge is 2.20. The van der Waals surface area contributed by atoms with Crippen LogP contribution in [0, 0.1) is 0 Å². The molecule has 0 radical (unpaired) electrons. The lowest BCUT2D eigenvalue weighted by molar-refractivity contribution is -0.132. The summed E-state index contributed by atoms with van der Waals surface area (Å²) in [5.41, 5.74) is 4.74. The number of rotatable bonds is 5. The average molecular weight is 451 g/mol. The van der Waals surface area contributed by atoms with Crippen LogP contribution in [0.2, 0.25) is 0 Å². The van der Waals surface area contributed by atoms with E-state index in [0.29, 0.717) is 30.3 Å². The number of nitrogens with one attached hydrogen (secondary N) is 2. The maximum Gasteiger partial charge on any atom is 0.246 e. The van der Waals surface area contributed by atoms with Crippen molar-refractivity contribution in [3.8, 4) is 11.3 Å². The molecule has 2 aliphatic heterocycles. The van der Waals surface area contributed by atoms with E-state index in [4.69, 9.17) is 9.72 Å². The summed E-state index contributed by atoms with van der Waals surface area (Å²) < 4.78 is 7.66. The van der Waals surface area contributed by atoms with Crippen LogP contribution in [0.3, 0.4) is 0 Å². The summed E-state index contributed by atoms with van der Waals surface area (Å²) in [5, 5.41) is 6.17. The first kappa shape index (κ1) is 21.1. The molecule has 0 aliphatic carbocycles. The van der Waals surface area contributed by atoms with Crippen LogP contribution < -0.4 is 10.6 Å². The van der Waals surface area contributed by atoms with E-state index in [1.165, 1.54) is 5.56 Å². The molecule has 1 amide bonds. The van der Waals surface area contributed by atoms with Crippen LogP contribution in [0.5, 0.6) is 0 Å². The molecule has 2 N–H and O–H groups in total. The molecule has 2 saturated heterocycles. The monoisotopic (exact) mass is 450 g/mol. The molecule has 0 spiro atoms. The van der Waals surface area contributed by atoms with Gasteiger partial charge in [0.2, 0.25) is 5.91 Å². The quantitative estimate of drug-likeness (QED) is 0.515. The van der Waals surface area contributed by atoms with Gasteiger partial charge in [-0.3, -0.25) is 14.1 Å². The summed E-state index contributed by atoms with van der Waals surface area (Å²) in [6.45, 7) is 3.11. The van der Waals surface area contributed by atoms with Crippen molar-refractivity contribution in [2.45, 2.75) is 24.9 Å². The molecule has 1 atom stereocenters. The number of amides is 1. The maximum atomic E-state index is 11.3. The molecule has 9 heteroatoms. The van der Waals surface area contributed by atoms with Crippen LogP contribution in [0.15, 0.2) is 42.7 Å². The van der Waals surface area contributed by atoms with Crippen molar-refractivity contribution < 1.29 is 9.53 Å². The van der Waals surface area contributed by atoms with Gasteiger partial charge in [0.25, 0.3) is 0 Å². The molecule has 2 aliphatic rings. The smallest absolute Gasteiger partial charge is 0.246 e. The Morgan fingerprint density at radius 1 is 1.16 bits per heavy atom. The lowest BCUT2D eigenvalue weighted by Crippen LogP contribution is -2.45. The highest BCUT2D eigenvalue weighted by molar-refractivity contribution is 7.77. The Hall–Kier alpha value is -2.75. The van der Waals surface area contributed by atoms with Gasteiger partial charge in [-0.1, -0.05) is 37.1 Å². The molecule has 0 bridgehead atoms. The predicted molar refractivity (Wildman–Crippen MR) is 127 cm³/mol. The second kappa shape index (κ2) is 9.40. The normalized spacial score (nSPS) is 20.3. The lowest BCUT2D eigenvalue weighted by atomic mass is 9.89. The third kappa shape index (κ3) is 4.69. The number of fused-ring (bicyclic) bond motifs is 1. The molecule has 1 unspecified atom stereocenters. The van der Waals surface area contributed by atoms with Crippen molar-refractivity contribution in [2.75, 3.05) is 38.1 Å². The highest BCUT2D eigenvalue weighted by Crippen LogP contribution is 2.31. The lowest BCUT2D eigenvalue weighted by Gasteiger charge is -2.28. The molecule has 2 fully saturated rings. The Kier molecular flexibility index (Phi) is 6.20. The zero-order chi connectivity index (χ0) is 21.9. The number of nitrogens with zero attached hydrogens (tertiary/aromatic N) is 4. The first-order valence-electron chi connectivity index (χ1n) is 10.9. The first-order valence-corrected chi connectivity index (χ1v) is 11.3. The zero-order valence-electron chi connectivity index (χ0n) is 17.7. The number of thiol groups is 1. The van der Waals surface area contributed by atoms with Gasteiger partial charge in [-0.15, -0.1) is 0 Å². The van der Waals surface area contributed by atoms with Gasteiger partial charge in [0.1, 0.15) is 12.1 Å². The van der Waals surface area contributed by atoms with Crippen molar-refractivity contribution in [3.63, 3.8) is 0 Å². The average Bonchev–Trinajstić information content (AvgIpc) is 2.84. The third-order valence-corrected chi connectivity index (χ3v) is 6.48. The molecule has 32 heavy (non-hydrogen) atoms. The van der Waals surface area contributed by atoms with Crippen molar-refractivity contribution >= 4 is 35.6 Å². The topological polar surface area (TPSA) is 92.3 Å². The molecule has 8 nitrogen and oxygen atoms in total. The van der Waals surface area contributed by atoms with Crippen LogP contribution in [0.4, 0.5) is 5.82 Å². The minimum absolute atomic E-state index is 0.0831. The van der Waals surface area contributed by atoms with Gasteiger partial charge in [-0.05, 0) is 30.4 Å². The van der Waals surface area contributed by atoms with E-state index in [-0.39, 0.29) is 18.6 Å². The predicted octanol–water partition coefficient (Wildman–Crippen LogP) is 2.64. The van der Waals surface area contributed by atoms with E-state index in [0.717, 1.165) is 42.7 Å². The number of morpholine rings is 1. The standard InChI is InChI=1S/C23H26N6O2S/c30-21-14-31-18(12-26-21)13-27-23-22-20(24-7-8-25-22)11-19(28-23)17-3-1-15(2-4-17)16-5-9-29(32)10-6-16/h1-4,7-8,11,16,18,32H,5-6,9-10,12-14H2,(H,26,30)(H,27,28). The number of hydrogen-bond donors (Lipinski definition) is 3. The van der Waals surface area contributed by atoms with Gasteiger partial charge in [0, 0.05) is 44.1 Å². The van der Waals surface area contributed by atoms with Crippen LogP contribution in [0.1, 0.15) is 24.3 Å². The number of aromatic nitrogens is 3. The van der Waals surface area contributed by atoms with Crippen LogP contribution in [-0.2, 0) is 9.53 Å². The van der Waals surface area contributed by atoms with Gasteiger partial charge < -0.3 is 15.4 Å². The van der Waals surface area contributed by atoms with Crippen LogP contribution in [-0.4, -0.2) is 64.1 Å².